The first kappa shape index (κ1) is 14.4. The summed E-state index contributed by atoms with van der Waals surface area (Å²) in [6, 6.07) is 0. The third-order valence-corrected chi connectivity index (χ3v) is 5.78. The van der Waals surface area contributed by atoms with E-state index in [1.807, 2.05) is 0 Å². The summed E-state index contributed by atoms with van der Waals surface area (Å²) in [5.74, 6) is 0.840. The van der Waals surface area contributed by atoms with Crippen molar-refractivity contribution in [2.24, 2.45) is 11.3 Å². The van der Waals surface area contributed by atoms with Crippen LogP contribution in [0.5, 0.6) is 0 Å². The molecule has 0 atom stereocenters. The Morgan fingerprint density at radius 1 is 1.10 bits per heavy atom. The second-order valence-electron chi connectivity index (χ2n) is 7.37. The van der Waals surface area contributed by atoms with Gasteiger partial charge in [0.05, 0.1) is 0 Å². The summed E-state index contributed by atoms with van der Waals surface area (Å²) < 4.78 is 0. The first-order chi connectivity index (χ1) is 9.72. The Morgan fingerprint density at radius 2 is 1.75 bits per heavy atom. The summed E-state index contributed by atoms with van der Waals surface area (Å²) >= 11 is 0. The molecule has 1 amide bonds. The van der Waals surface area contributed by atoms with Crippen molar-refractivity contribution in [1.29, 1.82) is 0 Å². The highest BCUT2D eigenvalue weighted by Crippen LogP contribution is 2.41. The van der Waals surface area contributed by atoms with E-state index in [4.69, 9.17) is 0 Å². The van der Waals surface area contributed by atoms with E-state index in [-0.39, 0.29) is 0 Å². The van der Waals surface area contributed by atoms with Crippen molar-refractivity contribution >= 4 is 5.91 Å². The van der Waals surface area contributed by atoms with Crippen molar-refractivity contribution in [3.8, 4) is 0 Å². The first-order valence-electron chi connectivity index (χ1n) is 8.74. The number of carbonyl (C=O) groups is 1. The summed E-state index contributed by atoms with van der Waals surface area (Å²) in [6.45, 7) is 8.13. The lowest BCUT2D eigenvalue weighted by atomic mass is 9.71. The third kappa shape index (κ3) is 2.88. The number of piperidine rings is 1. The molecule has 0 unspecified atom stereocenters. The van der Waals surface area contributed by atoms with Gasteiger partial charge in [-0.1, -0.05) is 26.2 Å². The van der Waals surface area contributed by atoms with Crippen molar-refractivity contribution in [3.63, 3.8) is 0 Å². The molecule has 3 heteroatoms. The van der Waals surface area contributed by atoms with E-state index in [1.54, 1.807) is 0 Å². The van der Waals surface area contributed by atoms with Crippen LogP contribution in [0.4, 0.5) is 0 Å². The minimum Gasteiger partial charge on any atom is -0.341 e. The van der Waals surface area contributed by atoms with Gasteiger partial charge in [0, 0.05) is 24.4 Å². The van der Waals surface area contributed by atoms with Crippen molar-refractivity contribution in [3.05, 3.63) is 0 Å². The lowest BCUT2D eigenvalue weighted by Gasteiger charge is -2.54. The molecule has 0 bridgehead atoms. The van der Waals surface area contributed by atoms with Crippen LogP contribution < -0.4 is 0 Å². The van der Waals surface area contributed by atoms with Crippen LogP contribution in [0, 0.1) is 11.3 Å². The highest BCUT2D eigenvalue weighted by atomic mass is 16.2. The number of carbonyl (C=O) groups excluding carboxylic acids is 1. The number of likely N-dealkylation sites (tertiary alicyclic amines) is 2. The Kier molecular flexibility index (Phi) is 4.34. The molecule has 114 valence electrons. The molecule has 3 aliphatic rings. The minimum absolute atomic E-state index is 0.362. The van der Waals surface area contributed by atoms with Crippen molar-refractivity contribution in [2.45, 2.75) is 58.3 Å². The third-order valence-electron chi connectivity index (χ3n) is 5.78. The van der Waals surface area contributed by atoms with Crippen LogP contribution in [0.3, 0.4) is 0 Å². The Hall–Kier alpha value is -0.570. The molecule has 3 nitrogen and oxygen atoms in total. The normalized spacial score (nSPS) is 27.6. The fourth-order valence-electron chi connectivity index (χ4n) is 4.41. The predicted octanol–water partition coefficient (Wildman–Crippen LogP) is 2.90. The van der Waals surface area contributed by atoms with Gasteiger partial charge in [0.1, 0.15) is 0 Å². The Balaban J connectivity index is 1.45. The number of rotatable bonds is 3. The molecular formula is C17H30N2O. The van der Waals surface area contributed by atoms with Crippen LogP contribution >= 0.6 is 0 Å². The molecular weight excluding hydrogens is 248 g/mol. The van der Waals surface area contributed by atoms with Gasteiger partial charge >= 0.3 is 0 Å². The smallest absolute Gasteiger partial charge is 0.225 e. The van der Waals surface area contributed by atoms with E-state index in [9.17, 15) is 4.79 Å². The highest BCUT2D eigenvalue weighted by Gasteiger charge is 2.47. The largest absolute Gasteiger partial charge is 0.341 e. The van der Waals surface area contributed by atoms with Gasteiger partial charge in [0.25, 0.3) is 0 Å². The van der Waals surface area contributed by atoms with Crippen molar-refractivity contribution in [2.75, 3.05) is 32.7 Å². The molecule has 2 aliphatic heterocycles. The second kappa shape index (κ2) is 6.05. The molecule has 3 rings (SSSR count). The fraction of sp³-hybridized carbons (Fsp3) is 0.941. The molecule has 2 saturated heterocycles. The Morgan fingerprint density at radius 3 is 2.35 bits per heavy atom. The molecule has 1 aliphatic carbocycles. The van der Waals surface area contributed by atoms with Gasteiger partial charge < -0.3 is 9.80 Å². The summed E-state index contributed by atoms with van der Waals surface area (Å²) in [5.41, 5.74) is 0.495. The summed E-state index contributed by atoms with van der Waals surface area (Å²) in [6.07, 6.45) is 10.0. The van der Waals surface area contributed by atoms with Crippen LogP contribution in [-0.4, -0.2) is 48.4 Å². The van der Waals surface area contributed by atoms with Gasteiger partial charge in [-0.3, -0.25) is 4.79 Å². The topological polar surface area (TPSA) is 23.6 Å². The fourth-order valence-corrected chi connectivity index (χ4v) is 4.41. The molecule has 0 N–H and O–H groups in total. The van der Waals surface area contributed by atoms with Crippen molar-refractivity contribution in [1.82, 2.24) is 9.80 Å². The average molecular weight is 278 g/mol. The standard InChI is InChI=1S/C17H30N2O/c1-2-10-18-11-8-17(9-12-18)13-19(14-17)16(20)15-6-4-3-5-7-15/h15H,2-14H2,1H3. The lowest BCUT2D eigenvalue weighted by Crippen LogP contribution is -2.62. The molecule has 3 fully saturated rings. The maximum Gasteiger partial charge on any atom is 0.225 e. The summed E-state index contributed by atoms with van der Waals surface area (Å²) in [7, 11) is 0. The zero-order valence-electron chi connectivity index (χ0n) is 13.1. The minimum atomic E-state index is 0.362. The van der Waals surface area contributed by atoms with Gasteiger partial charge in [-0.2, -0.15) is 0 Å². The van der Waals surface area contributed by atoms with Gasteiger partial charge in [0.15, 0.2) is 0 Å². The van der Waals surface area contributed by atoms with Crippen LogP contribution in [0.25, 0.3) is 0 Å². The SMILES string of the molecule is CCCN1CCC2(CC1)CN(C(=O)C1CCCCC1)C2. The highest BCUT2D eigenvalue weighted by molar-refractivity contribution is 5.80. The van der Waals surface area contributed by atoms with Gasteiger partial charge in [-0.05, 0) is 51.7 Å². The van der Waals surface area contributed by atoms with E-state index in [0.717, 1.165) is 25.9 Å². The van der Waals surface area contributed by atoms with E-state index >= 15 is 0 Å². The van der Waals surface area contributed by atoms with Crippen LogP contribution in [-0.2, 0) is 4.79 Å². The van der Waals surface area contributed by atoms with E-state index in [1.165, 1.54) is 58.2 Å². The van der Waals surface area contributed by atoms with Gasteiger partial charge in [-0.25, -0.2) is 0 Å². The van der Waals surface area contributed by atoms with Crippen LogP contribution in [0.15, 0.2) is 0 Å². The molecule has 0 aromatic carbocycles. The lowest BCUT2D eigenvalue weighted by molar-refractivity contribution is -0.152. The Labute approximate surface area is 123 Å². The molecule has 20 heavy (non-hydrogen) atoms. The van der Waals surface area contributed by atoms with Crippen molar-refractivity contribution < 1.29 is 4.79 Å². The van der Waals surface area contributed by atoms with Crippen LogP contribution in [0.1, 0.15) is 58.3 Å². The quantitative estimate of drug-likeness (QED) is 0.792. The first-order valence-corrected chi connectivity index (χ1v) is 8.74. The zero-order chi connectivity index (χ0) is 14.0. The Bertz CT molecular complexity index is 333. The number of hydrogen-bond acceptors (Lipinski definition) is 2. The monoisotopic (exact) mass is 278 g/mol. The number of nitrogens with zero attached hydrogens (tertiary/aromatic N) is 2. The van der Waals surface area contributed by atoms with E-state index in [0.29, 0.717) is 17.2 Å². The maximum atomic E-state index is 12.5. The molecule has 1 saturated carbocycles. The average Bonchev–Trinajstić information content (AvgIpc) is 2.46. The molecule has 0 aromatic heterocycles. The summed E-state index contributed by atoms with van der Waals surface area (Å²) in [5, 5.41) is 0. The second-order valence-corrected chi connectivity index (χ2v) is 7.37. The molecule has 0 aromatic rings. The number of amides is 1. The molecule has 1 spiro atoms. The van der Waals surface area contributed by atoms with E-state index in [2.05, 4.69) is 16.7 Å². The predicted molar refractivity (Wildman–Crippen MR) is 81.6 cm³/mol. The van der Waals surface area contributed by atoms with Crippen LogP contribution in [0.2, 0.25) is 0 Å². The zero-order valence-corrected chi connectivity index (χ0v) is 13.1. The van der Waals surface area contributed by atoms with Gasteiger partial charge in [0.2, 0.25) is 5.91 Å². The number of hydrogen-bond donors (Lipinski definition) is 0. The van der Waals surface area contributed by atoms with Gasteiger partial charge in [-0.15, -0.1) is 0 Å². The van der Waals surface area contributed by atoms with E-state index < -0.39 is 0 Å². The molecule has 2 heterocycles. The maximum absolute atomic E-state index is 12.5. The summed E-state index contributed by atoms with van der Waals surface area (Å²) in [4.78, 5) is 17.3. The molecule has 0 radical (unpaired) electrons.